The zero-order chi connectivity index (χ0) is 30.3. The molecule has 0 spiro atoms. The summed E-state index contributed by atoms with van der Waals surface area (Å²) in [5.74, 6) is -10.9. The summed E-state index contributed by atoms with van der Waals surface area (Å²) in [6.45, 7) is 2.18. The number of anilines is 2. The summed E-state index contributed by atoms with van der Waals surface area (Å²) in [5.41, 5.74) is -2.28. The summed E-state index contributed by atoms with van der Waals surface area (Å²) in [4.78, 5) is 12.5. The normalized spacial score (nSPS) is 22.3. The van der Waals surface area contributed by atoms with Crippen molar-refractivity contribution in [3.8, 4) is 22.9 Å². The fourth-order valence-electron chi connectivity index (χ4n) is 4.95. The second-order valence-corrected chi connectivity index (χ2v) is 12.5. The molecule has 9 nitrogen and oxygen atoms in total. The molecule has 2 atom stereocenters. The number of sulfonamides is 1. The molecule has 16 heteroatoms. The van der Waals surface area contributed by atoms with E-state index in [-0.39, 0.29) is 42.1 Å². The van der Waals surface area contributed by atoms with Crippen molar-refractivity contribution in [1.29, 1.82) is 0 Å². The molecule has 0 bridgehead atoms. The number of nitrogens with zero attached hydrogens (tertiary/aromatic N) is 3. The molecule has 2 aliphatic rings. The Labute approximate surface area is 237 Å². The van der Waals surface area contributed by atoms with Gasteiger partial charge in [-0.15, -0.1) is 0 Å². The molecule has 0 radical (unpaired) electrons. The summed E-state index contributed by atoms with van der Waals surface area (Å²) in [7, 11) is -4.47. The van der Waals surface area contributed by atoms with Crippen LogP contribution in [-0.2, 0) is 10.0 Å². The lowest BCUT2D eigenvalue weighted by atomic mass is 9.83. The molecule has 226 valence electrons. The van der Waals surface area contributed by atoms with Gasteiger partial charge in [-0.25, -0.2) is 45.3 Å². The first-order valence-corrected chi connectivity index (χ1v) is 14.5. The van der Waals surface area contributed by atoms with Gasteiger partial charge >= 0.3 is 0 Å². The number of hydrogen-bond donors (Lipinski definition) is 3. The summed E-state index contributed by atoms with van der Waals surface area (Å²) in [6.07, 6.45) is 1.56. The van der Waals surface area contributed by atoms with Crippen molar-refractivity contribution in [3.05, 3.63) is 54.1 Å². The van der Waals surface area contributed by atoms with Crippen molar-refractivity contribution >= 4 is 21.7 Å². The minimum atomic E-state index is -4.47. The second-order valence-electron chi connectivity index (χ2n) is 10.7. The third-order valence-corrected chi connectivity index (χ3v) is 8.24. The predicted octanol–water partition coefficient (Wildman–Crippen LogP) is 5.04. The summed E-state index contributed by atoms with van der Waals surface area (Å²) in [6, 6.07) is 4.64. The van der Waals surface area contributed by atoms with E-state index in [0.29, 0.717) is 12.6 Å². The maximum atomic E-state index is 15.0. The summed E-state index contributed by atoms with van der Waals surface area (Å²) < 4.78 is 117. The van der Waals surface area contributed by atoms with Crippen LogP contribution in [0.1, 0.15) is 26.2 Å². The molecule has 2 aromatic heterocycles. The molecule has 42 heavy (non-hydrogen) atoms. The van der Waals surface area contributed by atoms with Gasteiger partial charge < -0.3 is 15.4 Å². The molecule has 5 rings (SSSR count). The van der Waals surface area contributed by atoms with Crippen LogP contribution in [0.2, 0.25) is 0 Å². The Hall–Kier alpha value is -3.66. The lowest BCUT2D eigenvalue weighted by molar-refractivity contribution is -0.103. The van der Waals surface area contributed by atoms with Gasteiger partial charge in [0.15, 0.2) is 17.4 Å². The van der Waals surface area contributed by atoms with E-state index in [9.17, 15) is 34.8 Å². The third-order valence-electron chi connectivity index (χ3n) is 6.81. The van der Waals surface area contributed by atoms with Gasteiger partial charge in [0.1, 0.15) is 11.4 Å². The Morgan fingerprint density at radius 1 is 1.07 bits per heavy atom. The number of aromatic nitrogens is 3. The zero-order valence-electron chi connectivity index (χ0n) is 22.1. The van der Waals surface area contributed by atoms with Gasteiger partial charge in [-0.2, -0.15) is 4.39 Å². The van der Waals surface area contributed by atoms with Crippen molar-refractivity contribution in [2.75, 3.05) is 28.9 Å². The number of rotatable bonds is 9. The summed E-state index contributed by atoms with van der Waals surface area (Å²) >= 11 is 0. The summed E-state index contributed by atoms with van der Waals surface area (Å²) in [5, 5.41) is 6.04. The largest absolute Gasteiger partial charge is 0.435 e. The van der Waals surface area contributed by atoms with Crippen LogP contribution in [0, 0.1) is 23.4 Å². The average Bonchev–Trinajstić information content (AvgIpc) is 2.88. The Kier molecular flexibility index (Phi) is 7.96. The zero-order valence-corrected chi connectivity index (χ0v) is 22.9. The van der Waals surface area contributed by atoms with Crippen LogP contribution in [0.5, 0.6) is 11.6 Å². The van der Waals surface area contributed by atoms with Gasteiger partial charge in [0.05, 0.1) is 17.0 Å². The molecule has 1 saturated carbocycles. The standard InChI is InChI=1S/C26H26F6N6O3S/c1-25(30)10-15(11-33-13-25)36-24-35-6-4-18(37-24)16-3-2-5-34-23(16)41-19-7-17(27)22(21(29)20(19)28)38-42(39,40)12-14-8-26(31,32)9-14/h2-7,14-15,33,38H,8-13H2,1H3,(H,35,36,37)/t15?,25-/m0/s1. The quantitative estimate of drug-likeness (QED) is 0.226. The minimum absolute atomic E-state index is 0.164. The van der Waals surface area contributed by atoms with E-state index in [1.807, 2.05) is 0 Å². The molecule has 0 amide bonds. The van der Waals surface area contributed by atoms with Crippen molar-refractivity contribution in [1.82, 2.24) is 20.3 Å². The van der Waals surface area contributed by atoms with Gasteiger partial charge in [0.2, 0.25) is 33.6 Å². The molecule has 1 aromatic carbocycles. The Morgan fingerprint density at radius 2 is 1.83 bits per heavy atom. The number of hydrogen-bond acceptors (Lipinski definition) is 8. The fraction of sp³-hybridized carbons (Fsp3) is 0.423. The number of ether oxygens (including phenoxy) is 1. The van der Waals surface area contributed by atoms with E-state index in [1.54, 1.807) is 4.72 Å². The monoisotopic (exact) mass is 616 g/mol. The van der Waals surface area contributed by atoms with Gasteiger partial charge in [0, 0.05) is 56.9 Å². The minimum Gasteiger partial charge on any atom is -0.435 e. The highest BCUT2D eigenvalue weighted by Gasteiger charge is 2.47. The van der Waals surface area contributed by atoms with Crippen molar-refractivity contribution in [2.24, 2.45) is 5.92 Å². The molecule has 1 saturated heterocycles. The highest BCUT2D eigenvalue weighted by Crippen LogP contribution is 2.43. The molecule has 2 fully saturated rings. The molecule has 3 aromatic rings. The van der Waals surface area contributed by atoms with E-state index < -0.39 is 75.0 Å². The van der Waals surface area contributed by atoms with E-state index in [0.717, 1.165) is 0 Å². The number of piperidine rings is 1. The predicted molar refractivity (Wildman–Crippen MR) is 141 cm³/mol. The highest BCUT2D eigenvalue weighted by atomic mass is 32.2. The number of halogens is 6. The van der Waals surface area contributed by atoms with Crippen LogP contribution in [0.3, 0.4) is 0 Å². The number of pyridine rings is 1. The molecule has 1 aliphatic heterocycles. The molecule has 3 N–H and O–H groups in total. The van der Waals surface area contributed by atoms with Gasteiger partial charge in [0.25, 0.3) is 0 Å². The van der Waals surface area contributed by atoms with Crippen LogP contribution in [0.15, 0.2) is 36.7 Å². The van der Waals surface area contributed by atoms with Crippen LogP contribution >= 0.6 is 0 Å². The van der Waals surface area contributed by atoms with Crippen LogP contribution in [-0.4, -0.2) is 59.8 Å². The Balaban J connectivity index is 1.35. The van der Waals surface area contributed by atoms with Crippen LogP contribution in [0.25, 0.3) is 11.3 Å². The van der Waals surface area contributed by atoms with Crippen LogP contribution < -0.4 is 20.1 Å². The first kappa shape index (κ1) is 29.8. The molecular weight excluding hydrogens is 590 g/mol. The second kappa shape index (κ2) is 11.2. The van der Waals surface area contributed by atoms with Gasteiger partial charge in [-0.05, 0) is 31.0 Å². The Bertz CT molecular complexity index is 1580. The van der Waals surface area contributed by atoms with E-state index in [2.05, 4.69) is 25.6 Å². The number of alkyl halides is 3. The molecule has 3 heterocycles. The van der Waals surface area contributed by atoms with Crippen molar-refractivity contribution in [3.63, 3.8) is 0 Å². The topological polar surface area (TPSA) is 118 Å². The molecule has 1 aliphatic carbocycles. The van der Waals surface area contributed by atoms with E-state index in [4.69, 9.17) is 4.74 Å². The smallest absolute Gasteiger partial charge is 0.248 e. The third kappa shape index (κ3) is 6.86. The SMILES string of the molecule is C[C@@]1(F)CNCC(Nc2nccc(-c3cccnc3Oc3cc(F)c(NS(=O)(=O)CC4CC(F)(F)C4)c(F)c3F)n2)C1. The molecular formula is C26H26F6N6O3S. The van der Waals surface area contributed by atoms with Crippen molar-refractivity contribution < 1.29 is 39.5 Å². The first-order chi connectivity index (χ1) is 19.7. The molecule has 1 unspecified atom stereocenters. The maximum Gasteiger partial charge on any atom is 0.248 e. The maximum absolute atomic E-state index is 15.0. The average molecular weight is 617 g/mol. The lowest BCUT2D eigenvalue weighted by Gasteiger charge is -2.34. The fourth-order valence-corrected chi connectivity index (χ4v) is 6.39. The van der Waals surface area contributed by atoms with Crippen LogP contribution in [0.4, 0.5) is 38.0 Å². The van der Waals surface area contributed by atoms with E-state index >= 15 is 0 Å². The van der Waals surface area contributed by atoms with Gasteiger partial charge in [-0.3, -0.25) is 4.72 Å². The van der Waals surface area contributed by atoms with E-state index in [1.165, 1.54) is 37.5 Å². The highest BCUT2D eigenvalue weighted by molar-refractivity contribution is 7.92. The number of nitrogens with one attached hydrogen (secondary N) is 3. The number of benzene rings is 1. The lowest BCUT2D eigenvalue weighted by Crippen LogP contribution is -2.50. The van der Waals surface area contributed by atoms with Crippen molar-refractivity contribution in [2.45, 2.75) is 43.8 Å². The Morgan fingerprint density at radius 3 is 2.55 bits per heavy atom. The first-order valence-electron chi connectivity index (χ1n) is 12.9. The van der Waals surface area contributed by atoms with Gasteiger partial charge in [-0.1, -0.05) is 0 Å².